The summed E-state index contributed by atoms with van der Waals surface area (Å²) in [7, 11) is 2.28. The van der Waals surface area contributed by atoms with E-state index in [0.29, 0.717) is 0 Å². The van der Waals surface area contributed by atoms with Crippen LogP contribution in [0, 0.1) is 0 Å². The van der Waals surface area contributed by atoms with Crippen molar-refractivity contribution in [2.45, 2.75) is 51.1 Å². The number of rotatable bonds is 1. The molecule has 0 aromatic rings. The van der Waals surface area contributed by atoms with Gasteiger partial charge in [0.05, 0.1) is 0 Å². The van der Waals surface area contributed by atoms with Gasteiger partial charge in [0.1, 0.15) is 5.91 Å². The quantitative estimate of drug-likeness (QED) is 0.575. The molecule has 12 heavy (non-hydrogen) atoms. The van der Waals surface area contributed by atoms with Gasteiger partial charge in [-0.3, -0.25) is 4.90 Å². The monoisotopic (exact) mass is 191 g/mol. The van der Waals surface area contributed by atoms with Gasteiger partial charge in [-0.2, -0.15) is 0 Å². The zero-order valence-corrected chi connectivity index (χ0v) is 9.33. The van der Waals surface area contributed by atoms with Crippen LogP contribution in [0.25, 0.3) is 0 Å². The lowest BCUT2D eigenvalue weighted by atomic mass is 10.1. The molecule has 72 valence electrons. The lowest BCUT2D eigenvalue weighted by Crippen LogP contribution is -2.46. The molecule has 1 heterocycles. The Morgan fingerprint density at radius 2 is 2.08 bits per heavy atom. The van der Waals surface area contributed by atoms with Crippen LogP contribution in [0.15, 0.2) is 0 Å². The van der Waals surface area contributed by atoms with Gasteiger partial charge >= 0.3 is 0 Å². The van der Waals surface area contributed by atoms with Crippen molar-refractivity contribution in [2.24, 2.45) is 0 Å². The van der Waals surface area contributed by atoms with E-state index in [-0.39, 0.29) is 11.6 Å². The summed E-state index contributed by atoms with van der Waals surface area (Å²) in [5, 5.41) is 0. The highest BCUT2D eigenvalue weighted by Gasteiger charge is 2.35. The lowest BCUT2D eigenvalue weighted by Gasteiger charge is -2.37. The van der Waals surface area contributed by atoms with Gasteiger partial charge in [-0.25, -0.2) is 4.39 Å². The minimum Gasteiger partial charge on any atom is -0.292 e. The van der Waals surface area contributed by atoms with Crippen LogP contribution in [0.3, 0.4) is 0 Å². The molecule has 0 aromatic carbocycles. The maximum absolute atomic E-state index is 13.1. The molecule has 0 amide bonds. The average molecular weight is 191 g/mol. The molecule has 3 unspecified atom stereocenters. The molecule has 0 radical (unpaired) electrons. The molecule has 3 heteroatoms. The van der Waals surface area contributed by atoms with E-state index < -0.39 is 5.91 Å². The Balaban J connectivity index is 2.64. The Hall–Kier alpha value is 0.320. The van der Waals surface area contributed by atoms with E-state index in [4.69, 9.17) is 0 Å². The van der Waals surface area contributed by atoms with Gasteiger partial charge in [0.15, 0.2) is 0 Å². The molecule has 0 N–H and O–H groups in total. The summed E-state index contributed by atoms with van der Waals surface area (Å²) >= 11 is 0. The molecule has 3 atom stereocenters. The second-order valence-corrected chi connectivity index (χ2v) is 5.16. The zero-order valence-electron chi connectivity index (χ0n) is 8.18. The number of nitrogens with zero attached hydrogens (tertiary/aromatic N) is 1. The fraction of sp³-hybridized carbons (Fsp3) is 1.00. The molecule has 1 aliphatic rings. The van der Waals surface area contributed by atoms with E-state index in [2.05, 4.69) is 34.9 Å². The standard InChI is InChI=1S/C9H19FNP/c1-9(2,3)11-6-4-5-7(11)8(10)12/h7-8H,4-6,12H2,1-3H3. The molecule has 1 aliphatic heterocycles. The van der Waals surface area contributed by atoms with E-state index in [0.717, 1.165) is 19.4 Å². The van der Waals surface area contributed by atoms with Crippen LogP contribution in [-0.4, -0.2) is 28.9 Å². The van der Waals surface area contributed by atoms with Gasteiger partial charge in [0, 0.05) is 11.6 Å². The van der Waals surface area contributed by atoms with Gasteiger partial charge in [-0.1, -0.05) is 9.24 Å². The summed E-state index contributed by atoms with van der Waals surface area (Å²) < 4.78 is 13.1. The van der Waals surface area contributed by atoms with E-state index in [1.165, 1.54) is 0 Å². The molecule has 1 nitrogen and oxygen atoms in total. The summed E-state index contributed by atoms with van der Waals surface area (Å²) in [4.78, 5) is 2.27. The van der Waals surface area contributed by atoms with Crippen LogP contribution in [0.1, 0.15) is 33.6 Å². The minimum absolute atomic E-state index is 0.113. The van der Waals surface area contributed by atoms with Gasteiger partial charge in [0.25, 0.3) is 0 Å². The van der Waals surface area contributed by atoms with Crippen LogP contribution in [0.2, 0.25) is 0 Å². The first kappa shape index (κ1) is 10.4. The van der Waals surface area contributed by atoms with Crippen LogP contribution < -0.4 is 0 Å². The smallest absolute Gasteiger partial charge is 0.128 e. The highest BCUT2D eigenvalue weighted by atomic mass is 31.0. The molecule has 0 aromatic heterocycles. The normalized spacial score (nSPS) is 29.2. The molecule has 0 saturated carbocycles. The summed E-state index contributed by atoms with van der Waals surface area (Å²) in [6, 6.07) is 0.120. The van der Waals surface area contributed by atoms with E-state index in [1.54, 1.807) is 0 Å². The maximum atomic E-state index is 13.1. The number of hydrogen-bond donors (Lipinski definition) is 0. The molecule has 1 rings (SSSR count). The third-order valence-corrected chi connectivity index (χ3v) is 2.97. The molecule has 0 aliphatic carbocycles. The van der Waals surface area contributed by atoms with Crippen molar-refractivity contribution in [1.82, 2.24) is 4.90 Å². The van der Waals surface area contributed by atoms with Crippen molar-refractivity contribution in [2.75, 3.05) is 6.54 Å². The Morgan fingerprint density at radius 3 is 2.42 bits per heavy atom. The van der Waals surface area contributed by atoms with Crippen LogP contribution in [0.5, 0.6) is 0 Å². The maximum Gasteiger partial charge on any atom is 0.128 e. The highest BCUT2D eigenvalue weighted by Crippen LogP contribution is 2.31. The van der Waals surface area contributed by atoms with E-state index in [1.807, 2.05) is 0 Å². The average Bonchev–Trinajstić information content (AvgIpc) is 2.30. The molecular formula is C9H19FNP. The van der Waals surface area contributed by atoms with Gasteiger partial charge in [-0.15, -0.1) is 0 Å². The first-order valence-corrected chi connectivity index (χ1v) is 5.26. The van der Waals surface area contributed by atoms with Crippen LogP contribution in [-0.2, 0) is 0 Å². The summed E-state index contributed by atoms with van der Waals surface area (Å²) in [6.45, 7) is 7.50. The Bertz CT molecular complexity index is 153. The van der Waals surface area contributed by atoms with Crippen LogP contribution in [0.4, 0.5) is 4.39 Å². The second kappa shape index (κ2) is 3.59. The number of hydrogen-bond acceptors (Lipinski definition) is 1. The zero-order chi connectivity index (χ0) is 9.35. The largest absolute Gasteiger partial charge is 0.292 e. The summed E-state index contributed by atoms with van der Waals surface area (Å²) in [5.41, 5.74) is 0.113. The first-order valence-electron chi connectivity index (χ1n) is 4.59. The molecular weight excluding hydrogens is 172 g/mol. The van der Waals surface area contributed by atoms with Gasteiger partial charge in [-0.05, 0) is 40.2 Å². The minimum atomic E-state index is -0.772. The number of halogens is 1. The molecule has 1 fully saturated rings. The second-order valence-electron chi connectivity index (χ2n) is 4.52. The molecule has 0 spiro atoms. The Kier molecular flexibility index (Phi) is 3.11. The first-order chi connectivity index (χ1) is 5.43. The fourth-order valence-corrected chi connectivity index (χ4v) is 2.36. The van der Waals surface area contributed by atoms with E-state index >= 15 is 0 Å². The molecule has 0 bridgehead atoms. The number of likely N-dealkylation sites (tertiary alicyclic amines) is 1. The van der Waals surface area contributed by atoms with Crippen molar-refractivity contribution < 1.29 is 4.39 Å². The fourth-order valence-electron chi connectivity index (χ4n) is 1.96. The predicted molar refractivity (Wildman–Crippen MR) is 54.1 cm³/mol. The number of alkyl halides is 1. The SMILES string of the molecule is CC(C)(C)N1CCCC1C(F)P. The highest BCUT2D eigenvalue weighted by molar-refractivity contribution is 7.17. The lowest BCUT2D eigenvalue weighted by molar-refractivity contribution is 0.0953. The van der Waals surface area contributed by atoms with Crippen molar-refractivity contribution >= 4 is 9.24 Å². The van der Waals surface area contributed by atoms with Crippen molar-refractivity contribution in [3.63, 3.8) is 0 Å². The summed E-state index contributed by atoms with van der Waals surface area (Å²) in [6.07, 6.45) is 2.14. The van der Waals surface area contributed by atoms with E-state index in [9.17, 15) is 4.39 Å². The Morgan fingerprint density at radius 1 is 1.50 bits per heavy atom. The van der Waals surface area contributed by atoms with Crippen molar-refractivity contribution in [3.05, 3.63) is 0 Å². The summed E-state index contributed by atoms with van der Waals surface area (Å²) in [5.74, 6) is -0.772. The third-order valence-electron chi connectivity index (χ3n) is 2.53. The molecule has 1 saturated heterocycles. The van der Waals surface area contributed by atoms with Crippen LogP contribution >= 0.6 is 9.24 Å². The predicted octanol–water partition coefficient (Wildman–Crippen LogP) is 2.42. The van der Waals surface area contributed by atoms with Gasteiger partial charge in [0.2, 0.25) is 0 Å². The van der Waals surface area contributed by atoms with Crippen molar-refractivity contribution in [1.29, 1.82) is 0 Å². The van der Waals surface area contributed by atoms with Gasteiger partial charge < -0.3 is 0 Å². The van der Waals surface area contributed by atoms with Crippen molar-refractivity contribution in [3.8, 4) is 0 Å². The third kappa shape index (κ3) is 2.17. The topological polar surface area (TPSA) is 3.24 Å². The Labute approximate surface area is 76.9 Å².